The van der Waals surface area contributed by atoms with Crippen LogP contribution >= 0.6 is 0 Å². The number of piperidine rings is 1. The highest BCUT2D eigenvalue weighted by molar-refractivity contribution is 5.89. The molecule has 2 amide bonds. The van der Waals surface area contributed by atoms with E-state index in [9.17, 15) is 9.59 Å². The van der Waals surface area contributed by atoms with Crippen LogP contribution in [0.3, 0.4) is 0 Å². The Labute approximate surface area is 122 Å². The summed E-state index contributed by atoms with van der Waals surface area (Å²) in [7, 11) is 0. The fraction of sp³-hybridized carbons (Fsp3) is 0.875. The molecule has 2 rings (SSSR count). The first kappa shape index (κ1) is 15.3. The largest absolute Gasteiger partial charge is 0.342 e. The van der Waals surface area contributed by atoms with E-state index in [-0.39, 0.29) is 23.3 Å². The second-order valence-corrected chi connectivity index (χ2v) is 7.77. The summed E-state index contributed by atoms with van der Waals surface area (Å²) in [6.07, 6.45) is 1.58. The van der Waals surface area contributed by atoms with Crippen molar-refractivity contribution >= 4 is 11.8 Å². The maximum Gasteiger partial charge on any atom is 0.228 e. The summed E-state index contributed by atoms with van der Waals surface area (Å²) in [5, 5.41) is 0. The van der Waals surface area contributed by atoms with E-state index in [1.807, 2.05) is 30.6 Å². The van der Waals surface area contributed by atoms with Crippen LogP contribution in [0.2, 0.25) is 0 Å². The Hall–Kier alpha value is -1.06. The maximum absolute atomic E-state index is 12.7. The van der Waals surface area contributed by atoms with Crippen molar-refractivity contribution in [2.75, 3.05) is 19.6 Å². The molecule has 2 aliphatic heterocycles. The first-order valence-electron chi connectivity index (χ1n) is 7.77. The van der Waals surface area contributed by atoms with Crippen LogP contribution in [0, 0.1) is 17.8 Å². The van der Waals surface area contributed by atoms with Gasteiger partial charge in [0, 0.05) is 31.6 Å². The van der Waals surface area contributed by atoms with Gasteiger partial charge >= 0.3 is 0 Å². The predicted molar refractivity (Wildman–Crippen MR) is 79.1 cm³/mol. The molecule has 0 aromatic carbocycles. The molecule has 0 saturated carbocycles. The number of likely N-dealkylation sites (tertiary alicyclic amines) is 2. The molecule has 3 atom stereocenters. The fourth-order valence-electron chi connectivity index (χ4n) is 3.62. The number of nitrogens with zero attached hydrogens (tertiary/aromatic N) is 2. The number of hydrogen-bond acceptors (Lipinski definition) is 2. The number of hydrogen-bond donors (Lipinski definition) is 0. The second-order valence-electron chi connectivity index (χ2n) is 7.77. The van der Waals surface area contributed by atoms with Gasteiger partial charge in [-0.05, 0) is 39.0 Å². The van der Waals surface area contributed by atoms with E-state index in [0.29, 0.717) is 24.8 Å². The van der Waals surface area contributed by atoms with E-state index in [1.54, 1.807) is 0 Å². The molecule has 2 fully saturated rings. The SMILES string of the molecule is C[C@@H]1C[C@@H](C)CN(C(=O)[C@@H]2CC(=O)N(C(C)(C)C)C2)C1. The number of rotatable bonds is 1. The number of carbonyl (C=O) groups is 2. The molecular weight excluding hydrogens is 252 g/mol. The topological polar surface area (TPSA) is 40.6 Å². The Morgan fingerprint density at radius 2 is 1.65 bits per heavy atom. The van der Waals surface area contributed by atoms with E-state index in [0.717, 1.165) is 13.1 Å². The fourth-order valence-corrected chi connectivity index (χ4v) is 3.62. The Morgan fingerprint density at radius 3 is 2.10 bits per heavy atom. The molecule has 114 valence electrons. The van der Waals surface area contributed by atoms with E-state index < -0.39 is 0 Å². The average molecular weight is 280 g/mol. The van der Waals surface area contributed by atoms with Crippen molar-refractivity contribution in [3.63, 3.8) is 0 Å². The lowest BCUT2D eigenvalue weighted by Crippen LogP contribution is -2.47. The molecular formula is C16H28N2O2. The summed E-state index contributed by atoms with van der Waals surface area (Å²) < 4.78 is 0. The minimum Gasteiger partial charge on any atom is -0.342 e. The van der Waals surface area contributed by atoms with Crippen LogP contribution in [-0.2, 0) is 9.59 Å². The Balaban J connectivity index is 2.02. The van der Waals surface area contributed by atoms with Gasteiger partial charge in [-0.2, -0.15) is 0 Å². The Bertz CT molecular complexity index is 390. The van der Waals surface area contributed by atoms with Gasteiger partial charge in [0.15, 0.2) is 0 Å². The maximum atomic E-state index is 12.7. The molecule has 4 nitrogen and oxygen atoms in total. The van der Waals surface area contributed by atoms with Crippen LogP contribution in [0.4, 0.5) is 0 Å². The third kappa shape index (κ3) is 3.15. The molecule has 2 heterocycles. The molecule has 0 N–H and O–H groups in total. The van der Waals surface area contributed by atoms with Crippen molar-refractivity contribution in [1.82, 2.24) is 9.80 Å². The highest BCUT2D eigenvalue weighted by atomic mass is 16.2. The third-order valence-electron chi connectivity index (χ3n) is 4.46. The van der Waals surface area contributed by atoms with Crippen molar-refractivity contribution in [2.45, 2.75) is 53.0 Å². The Kier molecular flexibility index (Phi) is 4.12. The van der Waals surface area contributed by atoms with Crippen LogP contribution in [0.1, 0.15) is 47.5 Å². The molecule has 0 spiro atoms. The average Bonchev–Trinajstić information content (AvgIpc) is 2.68. The van der Waals surface area contributed by atoms with Gasteiger partial charge in [0.1, 0.15) is 0 Å². The van der Waals surface area contributed by atoms with Gasteiger partial charge in [0.25, 0.3) is 0 Å². The Morgan fingerprint density at radius 1 is 1.10 bits per heavy atom. The van der Waals surface area contributed by atoms with Crippen molar-refractivity contribution in [1.29, 1.82) is 0 Å². The van der Waals surface area contributed by atoms with Gasteiger partial charge in [-0.3, -0.25) is 9.59 Å². The van der Waals surface area contributed by atoms with Crippen LogP contribution in [-0.4, -0.2) is 46.8 Å². The van der Waals surface area contributed by atoms with Gasteiger partial charge in [-0.15, -0.1) is 0 Å². The molecule has 0 radical (unpaired) electrons. The number of carbonyl (C=O) groups excluding carboxylic acids is 2. The molecule has 4 heteroatoms. The minimum atomic E-state index is -0.186. The van der Waals surface area contributed by atoms with Crippen molar-refractivity contribution < 1.29 is 9.59 Å². The zero-order chi connectivity index (χ0) is 15.1. The van der Waals surface area contributed by atoms with Gasteiger partial charge in [0.05, 0.1) is 5.92 Å². The van der Waals surface area contributed by atoms with Crippen LogP contribution < -0.4 is 0 Å². The predicted octanol–water partition coefficient (Wildman–Crippen LogP) is 2.14. The summed E-state index contributed by atoms with van der Waals surface area (Å²) in [4.78, 5) is 28.6. The van der Waals surface area contributed by atoms with Gasteiger partial charge in [0.2, 0.25) is 11.8 Å². The monoisotopic (exact) mass is 280 g/mol. The van der Waals surface area contributed by atoms with Crippen molar-refractivity contribution in [3.8, 4) is 0 Å². The molecule has 0 aromatic rings. The van der Waals surface area contributed by atoms with Gasteiger partial charge in [-0.1, -0.05) is 13.8 Å². The minimum absolute atomic E-state index is 0.119. The van der Waals surface area contributed by atoms with Crippen molar-refractivity contribution in [3.05, 3.63) is 0 Å². The summed E-state index contributed by atoms with van der Waals surface area (Å²) in [5.74, 6) is 1.30. The molecule has 0 unspecified atom stereocenters. The van der Waals surface area contributed by atoms with Crippen LogP contribution in [0.5, 0.6) is 0 Å². The molecule has 0 aliphatic carbocycles. The smallest absolute Gasteiger partial charge is 0.228 e. The number of amides is 2. The summed E-state index contributed by atoms with van der Waals surface area (Å²) in [6, 6.07) is 0. The first-order valence-corrected chi connectivity index (χ1v) is 7.77. The van der Waals surface area contributed by atoms with Gasteiger partial charge in [-0.25, -0.2) is 0 Å². The first-order chi connectivity index (χ1) is 9.18. The van der Waals surface area contributed by atoms with Crippen LogP contribution in [0.15, 0.2) is 0 Å². The molecule has 2 aliphatic rings. The molecule has 20 heavy (non-hydrogen) atoms. The van der Waals surface area contributed by atoms with Gasteiger partial charge < -0.3 is 9.80 Å². The zero-order valence-electron chi connectivity index (χ0n) is 13.5. The summed E-state index contributed by atoms with van der Waals surface area (Å²) in [6.45, 7) is 12.8. The lowest BCUT2D eigenvalue weighted by Gasteiger charge is -2.37. The van der Waals surface area contributed by atoms with E-state index in [4.69, 9.17) is 0 Å². The van der Waals surface area contributed by atoms with E-state index in [1.165, 1.54) is 6.42 Å². The lowest BCUT2D eigenvalue weighted by molar-refractivity contribution is -0.138. The normalized spacial score (nSPS) is 31.9. The van der Waals surface area contributed by atoms with Crippen molar-refractivity contribution in [2.24, 2.45) is 17.8 Å². The highest BCUT2D eigenvalue weighted by Crippen LogP contribution is 2.29. The molecule has 0 aromatic heterocycles. The summed E-state index contributed by atoms with van der Waals surface area (Å²) >= 11 is 0. The molecule has 2 saturated heterocycles. The van der Waals surface area contributed by atoms with E-state index >= 15 is 0 Å². The lowest BCUT2D eigenvalue weighted by atomic mass is 9.91. The summed E-state index contributed by atoms with van der Waals surface area (Å²) in [5.41, 5.74) is -0.186. The second kappa shape index (κ2) is 5.38. The van der Waals surface area contributed by atoms with E-state index in [2.05, 4.69) is 13.8 Å². The zero-order valence-corrected chi connectivity index (χ0v) is 13.5. The standard InChI is InChI=1S/C16H28N2O2/c1-11-6-12(2)9-17(8-11)15(20)13-7-14(19)18(10-13)16(3,4)5/h11-13H,6-10H2,1-5H3/t11-,12-,13-/m1/s1. The van der Waals surface area contributed by atoms with Crippen LogP contribution in [0.25, 0.3) is 0 Å². The quantitative estimate of drug-likeness (QED) is 0.738. The third-order valence-corrected chi connectivity index (χ3v) is 4.46. The molecule has 0 bridgehead atoms. The highest BCUT2D eigenvalue weighted by Gasteiger charge is 2.41.